The molecule has 0 aliphatic rings. The molecule has 0 saturated carbocycles. The van der Waals surface area contributed by atoms with E-state index >= 15 is 0 Å². The van der Waals surface area contributed by atoms with Crippen LogP contribution in [0.5, 0.6) is 0 Å². The number of fused-ring (bicyclic) bond motifs is 1. The number of anilines is 1. The first-order valence-corrected chi connectivity index (χ1v) is 7.81. The third-order valence-corrected chi connectivity index (χ3v) is 4.03. The lowest BCUT2D eigenvalue weighted by Crippen LogP contribution is -2.15. The largest absolute Gasteiger partial charge is 0.320 e. The Balaban J connectivity index is 1.89. The summed E-state index contributed by atoms with van der Waals surface area (Å²) in [6, 6.07) is 15.4. The van der Waals surface area contributed by atoms with Crippen LogP contribution in [0.2, 0.25) is 0 Å². The van der Waals surface area contributed by atoms with Crippen molar-refractivity contribution in [2.75, 3.05) is 5.32 Å². The Labute approximate surface area is 135 Å². The summed E-state index contributed by atoms with van der Waals surface area (Å²) < 4.78 is 0. The molecule has 0 unspecified atom stereocenters. The molecule has 3 rings (SSSR count). The number of benzene rings is 2. The third kappa shape index (κ3) is 3.21. The van der Waals surface area contributed by atoms with Gasteiger partial charge in [0.1, 0.15) is 5.69 Å². The van der Waals surface area contributed by atoms with Crippen molar-refractivity contribution in [1.29, 1.82) is 0 Å². The van der Waals surface area contributed by atoms with E-state index in [0.717, 1.165) is 28.7 Å². The van der Waals surface area contributed by atoms with Crippen molar-refractivity contribution < 1.29 is 4.79 Å². The number of nitrogens with one attached hydrogen (secondary N) is 1. The maximum Gasteiger partial charge on any atom is 0.275 e. The minimum Gasteiger partial charge on any atom is -0.320 e. The van der Waals surface area contributed by atoms with E-state index in [4.69, 9.17) is 0 Å². The van der Waals surface area contributed by atoms with Gasteiger partial charge < -0.3 is 5.32 Å². The van der Waals surface area contributed by atoms with Gasteiger partial charge in [-0.3, -0.25) is 9.78 Å². The molecule has 4 nitrogen and oxygen atoms in total. The van der Waals surface area contributed by atoms with E-state index in [2.05, 4.69) is 35.2 Å². The molecule has 2 aromatic carbocycles. The third-order valence-electron chi connectivity index (χ3n) is 4.03. The zero-order valence-corrected chi connectivity index (χ0v) is 13.3. The van der Waals surface area contributed by atoms with Crippen LogP contribution in [0.3, 0.4) is 0 Å². The van der Waals surface area contributed by atoms with Crippen molar-refractivity contribution in [1.82, 2.24) is 9.97 Å². The van der Waals surface area contributed by atoms with Crippen LogP contribution in [-0.4, -0.2) is 15.9 Å². The Morgan fingerprint density at radius 2 is 1.78 bits per heavy atom. The summed E-state index contributed by atoms with van der Waals surface area (Å²) in [5, 5.41) is 2.97. The average Bonchev–Trinajstić information content (AvgIpc) is 2.61. The monoisotopic (exact) mass is 305 g/mol. The number of amides is 1. The minimum absolute atomic E-state index is 0.237. The normalized spacial score (nSPS) is 12.1. The molecular weight excluding hydrogens is 286 g/mol. The molecule has 0 radical (unpaired) electrons. The summed E-state index contributed by atoms with van der Waals surface area (Å²) >= 11 is 0. The molecule has 1 amide bonds. The summed E-state index contributed by atoms with van der Waals surface area (Å²) in [6.45, 7) is 4.29. The number of carbonyl (C=O) groups excluding carboxylic acids is 1. The fourth-order valence-corrected chi connectivity index (χ4v) is 2.51. The molecule has 3 aromatic rings. The van der Waals surface area contributed by atoms with Crippen molar-refractivity contribution in [2.45, 2.75) is 26.2 Å². The Hall–Kier alpha value is -2.75. The SMILES string of the molecule is CC[C@H](C)c1ccccc1NC(=O)c1cnc2ccccc2n1. The number of nitrogens with zero attached hydrogens (tertiary/aromatic N) is 2. The van der Waals surface area contributed by atoms with Gasteiger partial charge in [0.15, 0.2) is 0 Å². The zero-order valence-electron chi connectivity index (χ0n) is 13.3. The Bertz CT molecular complexity index is 845. The second-order valence-electron chi connectivity index (χ2n) is 5.59. The summed E-state index contributed by atoms with van der Waals surface area (Å²) in [7, 11) is 0. The van der Waals surface area contributed by atoms with Gasteiger partial charge in [0.05, 0.1) is 17.2 Å². The smallest absolute Gasteiger partial charge is 0.275 e. The van der Waals surface area contributed by atoms with Crippen LogP contribution in [0.1, 0.15) is 42.2 Å². The molecule has 1 atom stereocenters. The van der Waals surface area contributed by atoms with E-state index in [9.17, 15) is 4.79 Å². The van der Waals surface area contributed by atoms with Crippen LogP contribution in [0.15, 0.2) is 54.7 Å². The van der Waals surface area contributed by atoms with E-state index in [-0.39, 0.29) is 5.91 Å². The lowest BCUT2D eigenvalue weighted by atomic mass is 9.97. The highest BCUT2D eigenvalue weighted by Gasteiger charge is 2.13. The highest BCUT2D eigenvalue weighted by Crippen LogP contribution is 2.26. The van der Waals surface area contributed by atoms with Crippen molar-refractivity contribution in [2.24, 2.45) is 0 Å². The molecule has 0 spiro atoms. The van der Waals surface area contributed by atoms with Crippen LogP contribution in [0.4, 0.5) is 5.69 Å². The Kier molecular flexibility index (Phi) is 4.33. The van der Waals surface area contributed by atoms with Gasteiger partial charge in [-0.15, -0.1) is 0 Å². The summed E-state index contributed by atoms with van der Waals surface area (Å²) in [4.78, 5) is 21.2. The van der Waals surface area contributed by atoms with Gasteiger partial charge in [-0.05, 0) is 36.1 Å². The number of rotatable bonds is 4. The lowest BCUT2D eigenvalue weighted by Gasteiger charge is -2.15. The van der Waals surface area contributed by atoms with Crippen molar-refractivity contribution >= 4 is 22.6 Å². The molecular formula is C19H19N3O. The zero-order chi connectivity index (χ0) is 16.2. The van der Waals surface area contributed by atoms with Gasteiger partial charge in [0, 0.05) is 5.69 Å². The second kappa shape index (κ2) is 6.57. The molecule has 0 aliphatic carbocycles. The molecule has 0 fully saturated rings. The molecule has 1 N–H and O–H groups in total. The number of para-hydroxylation sites is 3. The van der Waals surface area contributed by atoms with Gasteiger partial charge in [0.25, 0.3) is 5.91 Å². The van der Waals surface area contributed by atoms with Crippen LogP contribution in [-0.2, 0) is 0 Å². The molecule has 1 aromatic heterocycles. The second-order valence-corrected chi connectivity index (χ2v) is 5.59. The van der Waals surface area contributed by atoms with E-state index in [1.54, 1.807) is 0 Å². The first-order chi connectivity index (χ1) is 11.2. The van der Waals surface area contributed by atoms with Crippen molar-refractivity contribution in [3.8, 4) is 0 Å². The van der Waals surface area contributed by atoms with E-state index < -0.39 is 0 Å². The van der Waals surface area contributed by atoms with Gasteiger partial charge in [0.2, 0.25) is 0 Å². The topological polar surface area (TPSA) is 54.9 Å². The predicted molar refractivity (Wildman–Crippen MR) is 92.6 cm³/mol. The summed E-state index contributed by atoms with van der Waals surface area (Å²) in [6.07, 6.45) is 2.53. The quantitative estimate of drug-likeness (QED) is 0.777. The first-order valence-electron chi connectivity index (χ1n) is 7.81. The molecule has 116 valence electrons. The van der Waals surface area contributed by atoms with Crippen LogP contribution in [0.25, 0.3) is 11.0 Å². The van der Waals surface area contributed by atoms with E-state index in [1.165, 1.54) is 6.20 Å². The van der Waals surface area contributed by atoms with Gasteiger partial charge in [-0.1, -0.05) is 44.2 Å². The molecule has 23 heavy (non-hydrogen) atoms. The number of hydrogen-bond acceptors (Lipinski definition) is 3. The van der Waals surface area contributed by atoms with Gasteiger partial charge in [-0.25, -0.2) is 4.98 Å². The molecule has 0 saturated heterocycles. The van der Waals surface area contributed by atoms with Crippen molar-refractivity contribution in [3.63, 3.8) is 0 Å². The van der Waals surface area contributed by atoms with Crippen LogP contribution in [0, 0.1) is 0 Å². The maximum absolute atomic E-state index is 12.5. The molecule has 0 bridgehead atoms. The maximum atomic E-state index is 12.5. The Morgan fingerprint density at radius 3 is 2.57 bits per heavy atom. The van der Waals surface area contributed by atoms with Gasteiger partial charge >= 0.3 is 0 Å². The molecule has 4 heteroatoms. The van der Waals surface area contributed by atoms with Gasteiger partial charge in [-0.2, -0.15) is 0 Å². The Morgan fingerprint density at radius 1 is 1.09 bits per heavy atom. The predicted octanol–water partition coefficient (Wildman–Crippen LogP) is 4.40. The standard InChI is InChI=1S/C19H19N3O/c1-3-13(2)14-8-4-5-9-15(14)22-19(23)18-12-20-16-10-6-7-11-17(16)21-18/h4-13H,3H2,1-2H3,(H,22,23)/t13-/m0/s1. The minimum atomic E-state index is -0.237. The van der Waals surface area contributed by atoms with Crippen molar-refractivity contribution in [3.05, 3.63) is 66.0 Å². The van der Waals surface area contributed by atoms with E-state index in [0.29, 0.717) is 11.6 Å². The molecule has 0 aliphatic heterocycles. The summed E-state index contributed by atoms with van der Waals surface area (Å²) in [5.41, 5.74) is 3.79. The average molecular weight is 305 g/mol. The van der Waals surface area contributed by atoms with Crippen LogP contribution < -0.4 is 5.32 Å². The number of aromatic nitrogens is 2. The fraction of sp³-hybridized carbons (Fsp3) is 0.211. The first kappa shape index (κ1) is 15.2. The highest BCUT2D eigenvalue weighted by atomic mass is 16.1. The number of carbonyl (C=O) groups is 1. The van der Waals surface area contributed by atoms with E-state index in [1.807, 2.05) is 42.5 Å². The highest BCUT2D eigenvalue weighted by molar-refractivity contribution is 6.04. The molecule has 1 heterocycles. The summed E-state index contributed by atoms with van der Waals surface area (Å²) in [5.74, 6) is 0.146. The fourth-order valence-electron chi connectivity index (χ4n) is 2.51. The lowest BCUT2D eigenvalue weighted by molar-refractivity contribution is 0.102. The number of hydrogen-bond donors (Lipinski definition) is 1. The van der Waals surface area contributed by atoms with Crippen LogP contribution >= 0.6 is 0 Å².